The molecule has 2 fully saturated rings. The summed E-state index contributed by atoms with van der Waals surface area (Å²) < 4.78 is 21.5. The molecule has 2 aliphatic rings. The Bertz CT molecular complexity index is 1450. The van der Waals surface area contributed by atoms with E-state index in [2.05, 4.69) is 0 Å². The van der Waals surface area contributed by atoms with Crippen LogP contribution >= 0.6 is 69.6 Å². The van der Waals surface area contributed by atoms with Crippen LogP contribution < -0.4 is 9.47 Å². The fraction of sp³-hybridized carbons (Fsp3) is 0.500. The van der Waals surface area contributed by atoms with Crippen LogP contribution in [0.25, 0.3) is 0 Å². The molecule has 0 saturated heterocycles. The van der Waals surface area contributed by atoms with E-state index in [1.165, 1.54) is 0 Å². The van der Waals surface area contributed by atoms with Crippen LogP contribution in [0, 0.1) is 22.7 Å². The summed E-state index contributed by atoms with van der Waals surface area (Å²) in [5, 5.41) is -1.48. The highest BCUT2D eigenvalue weighted by atomic mass is 35.5. The highest BCUT2D eigenvalue weighted by Crippen LogP contribution is 2.45. The van der Waals surface area contributed by atoms with E-state index in [1.807, 2.05) is 27.7 Å². The van der Waals surface area contributed by atoms with Gasteiger partial charge in [-0.15, -0.1) is 0 Å². The van der Waals surface area contributed by atoms with Crippen molar-refractivity contribution in [2.75, 3.05) is 13.2 Å². The molecule has 0 N–H and O–H groups in total. The molecule has 2 aromatic carbocycles. The smallest absolute Gasteiger partial charge is 0.423 e. The average molecular weight is 757 g/mol. The van der Waals surface area contributed by atoms with E-state index in [1.54, 1.807) is 0 Å². The third-order valence-corrected chi connectivity index (χ3v) is 10.9. The molecular weight excluding hydrogens is 725 g/mol. The summed E-state index contributed by atoms with van der Waals surface area (Å²) in [5.74, 6) is -5.65. The number of carbonyl (C=O) groups excluding carboxylic acids is 4. The third-order valence-electron chi connectivity index (χ3n) is 8.79. The summed E-state index contributed by atoms with van der Waals surface area (Å²) in [6, 6.07) is 2.26. The molecule has 0 amide bonds. The Morgan fingerprint density at radius 2 is 0.935 bits per heavy atom. The maximum absolute atomic E-state index is 13.2. The number of rotatable bonds is 10. The van der Waals surface area contributed by atoms with Crippen molar-refractivity contribution in [2.45, 2.75) is 66.2 Å². The lowest BCUT2D eigenvalue weighted by atomic mass is 9.68. The first-order valence-electron chi connectivity index (χ1n) is 14.6. The Hall–Kier alpha value is -1.94. The second-order valence-corrected chi connectivity index (χ2v) is 15.3. The summed E-state index contributed by atoms with van der Waals surface area (Å²) in [6.07, 6.45) is 6.26. The molecule has 0 aliphatic heterocycles. The topological polar surface area (TPSA) is 105 Å². The Labute approximate surface area is 297 Å². The molecule has 4 rings (SSSR count). The van der Waals surface area contributed by atoms with Gasteiger partial charge in [0.2, 0.25) is 0 Å². The van der Waals surface area contributed by atoms with Crippen LogP contribution in [0.1, 0.15) is 86.9 Å². The summed E-state index contributed by atoms with van der Waals surface area (Å²) in [6.45, 7) is 7.97. The van der Waals surface area contributed by atoms with E-state index < -0.39 is 46.5 Å². The lowest BCUT2D eigenvalue weighted by Crippen LogP contribution is -2.35. The van der Waals surface area contributed by atoms with Crippen molar-refractivity contribution in [3.8, 4) is 11.5 Å². The molecule has 2 aromatic rings. The van der Waals surface area contributed by atoms with E-state index in [0.717, 1.165) is 50.7 Å². The van der Waals surface area contributed by atoms with E-state index in [4.69, 9.17) is 88.6 Å². The minimum Gasteiger partial charge on any atom is -0.461 e. The van der Waals surface area contributed by atoms with E-state index in [9.17, 15) is 19.2 Å². The molecule has 0 bridgehead atoms. The van der Waals surface area contributed by atoms with Crippen molar-refractivity contribution < 1.29 is 38.1 Å². The first-order valence-corrected chi connectivity index (χ1v) is 16.8. The zero-order valence-electron chi connectivity index (χ0n) is 25.5. The van der Waals surface area contributed by atoms with Gasteiger partial charge in [0.15, 0.2) is 11.5 Å². The monoisotopic (exact) mass is 754 g/mol. The Morgan fingerprint density at radius 1 is 0.609 bits per heavy atom. The standard InChI is InChI=1S/C32H32Cl6O8/c1-31(2,15-7-5-8-15)13-43-27(39)21-23(37)17(33)11-19(35)25(21)45-29(41)30(42)46-26-20(36)12-18(34)24(38)22(26)28(40)44-14-32(3,4)16-9-6-10-16/h11-12,15-16H,5-10,13-14H2,1-4H3. The fourth-order valence-corrected chi connectivity index (χ4v) is 6.69. The van der Waals surface area contributed by atoms with Crippen LogP contribution in [0.4, 0.5) is 0 Å². The van der Waals surface area contributed by atoms with Gasteiger partial charge in [0.05, 0.1) is 43.3 Å². The number of benzene rings is 2. The second-order valence-electron chi connectivity index (χ2n) is 12.9. The number of halogens is 6. The van der Waals surface area contributed by atoms with E-state index >= 15 is 0 Å². The molecule has 250 valence electrons. The van der Waals surface area contributed by atoms with Crippen LogP contribution in [-0.2, 0) is 19.1 Å². The Kier molecular flexibility index (Phi) is 11.8. The van der Waals surface area contributed by atoms with Crippen molar-refractivity contribution >= 4 is 93.5 Å². The highest BCUT2D eigenvalue weighted by Gasteiger charge is 2.38. The van der Waals surface area contributed by atoms with Gasteiger partial charge in [-0.05, 0) is 49.7 Å². The second kappa shape index (κ2) is 14.7. The van der Waals surface area contributed by atoms with Crippen molar-refractivity contribution in [3.63, 3.8) is 0 Å². The molecule has 0 heterocycles. The lowest BCUT2D eigenvalue weighted by molar-refractivity contribution is -0.156. The number of esters is 4. The van der Waals surface area contributed by atoms with Gasteiger partial charge in [-0.3, -0.25) is 0 Å². The van der Waals surface area contributed by atoms with Crippen molar-refractivity contribution in [3.05, 3.63) is 53.4 Å². The largest absolute Gasteiger partial charge is 0.461 e. The molecule has 0 radical (unpaired) electrons. The van der Waals surface area contributed by atoms with Crippen LogP contribution in [0.2, 0.25) is 30.1 Å². The number of carbonyl (C=O) groups is 4. The maximum Gasteiger partial charge on any atom is 0.423 e. The first kappa shape index (κ1) is 36.9. The van der Waals surface area contributed by atoms with E-state index in [0.29, 0.717) is 11.8 Å². The molecule has 14 heteroatoms. The molecular formula is C32H32Cl6O8. The van der Waals surface area contributed by atoms with Crippen LogP contribution in [0.5, 0.6) is 11.5 Å². The Balaban J connectivity index is 1.55. The molecule has 2 saturated carbocycles. The fourth-order valence-electron chi connectivity index (χ4n) is 5.25. The van der Waals surface area contributed by atoms with Crippen molar-refractivity contribution in [2.24, 2.45) is 22.7 Å². The maximum atomic E-state index is 13.2. The minimum atomic E-state index is -1.64. The molecule has 0 atom stereocenters. The molecule has 0 aromatic heterocycles. The van der Waals surface area contributed by atoms with Gasteiger partial charge in [-0.1, -0.05) is 110 Å². The highest BCUT2D eigenvalue weighted by molar-refractivity contribution is 6.47. The quantitative estimate of drug-likeness (QED) is 0.102. The molecule has 0 unspecified atom stereocenters. The minimum absolute atomic E-state index is 0.0406. The third kappa shape index (κ3) is 8.01. The predicted molar refractivity (Wildman–Crippen MR) is 177 cm³/mol. The van der Waals surface area contributed by atoms with E-state index in [-0.39, 0.29) is 54.2 Å². The summed E-state index contributed by atoms with van der Waals surface area (Å²) in [4.78, 5) is 52.4. The molecule has 0 spiro atoms. The van der Waals surface area contributed by atoms with Gasteiger partial charge >= 0.3 is 23.9 Å². The van der Waals surface area contributed by atoms with Crippen LogP contribution in [0.15, 0.2) is 12.1 Å². The summed E-state index contributed by atoms with van der Waals surface area (Å²) in [5.41, 5.74) is -1.57. The number of hydrogen-bond acceptors (Lipinski definition) is 8. The predicted octanol–water partition coefficient (Wildman–Crippen LogP) is 10.1. The summed E-state index contributed by atoms with van der Waals surface area (Å²) in [7, 11) is 0. The first-order chi connectivity index (χ1) is 21.4. The van der Waals surface area contributed by atoms with Gasteiger partial charge < -0.3 is 18.9 Å². The van der Waals surface area contributed by atoms with Gasteiger partial charge in [0, 0.05) is 10.8 Å². The summed E-state index contributed by atoms with van der Waals surface area (Å²) >= 11 is 37.5. The van der Waals surface area contributed by atoms with Gasteiger partial charge in [0.25, 0.3) is 0 Å². The van der Waals surface area contributed by atoms with Gasteiger partial charge in [-0.2, -0.15) is 0 Å². The normalized spacial score (nSPS) is 15.4. The number of ether oxygens (including phenoxy) is 4. The van der Waals surface area contributed by atoms with Crippen molar-refractivity contribution in [1.29, 1.82) is 0 Å². The van der Waals surface area contributed by atoms with Gasteiger partial charge in [0.1, 0.15) is 11.1 Å². The molecule has 2 aliphatic carbocycles. The Morgan fingerprint density at radius 3 is 1.22 bits per heavy atom. The van der Waals surface area contributed by atoms with Crippen LogP contribution in [0.3, 0.4) is 0 Å². The van der Waals surface area contributed by atoms with Crippen molar-refractivity contribution in [1.82, 2.24) is 0 Å². The zero-order valence-corrected chi connectivity index (χ0v) is 30.0. The molecule has 46 heavy (non-hydrogen) atoms. The average Bonchev–Trinajstić information content (AvgIpc) is 2.89. The van der Waals surface area contributed by atoms with Crippen LogP contribution in [-0.4, -0.2) is 37.1 Å². The zero-order chi connectivity index (χ0) is 34.1. The van der Waals surface area contributed by atoms with Gasteiger partial charge in [-0.25, -0.2) is 19.2 Å². The SMILES string of the molecule is CC(C)(COC(=O)c1c(Cl)c(Cl)cc(Cl)c1OC(=O)C(=O)Oc1c(Cl)cc(Cl)c(Cl)c1C(=O)OCC(C)(C)C1CCC1)C1CCC1. The lowest BCUT2D eigenvalue weighted by Gasteiger charge is -2.39. The molecule has 8 nitrogen and oxygen atoms in total. The number of hydrogen-bond donors (Lipinski definition) is 0.